The first kappa shape index (κ1) is 11.1. The average molecular weight is 197 g/mol. The summed E-state index contributed by atoms with van der Waals surface area (Å²) in [5.41, 5.74) is 6.46. The van der Waals surface area contributed by atoms with Gasteiger partial charge in [-0.25, -0.2) is 4.39 Å². The van der Waals surface area contributed by atoms with E-state index in [1.54, 1.807) is 12.1 Å². The van der Waals surface area contributed by atoms with Crippen LogP contribution in [0.3, 0.4) is 0 Å². The Labute approximate surface area is 83.6 Å². The van der Waals surface area contributed by atoms with Crippen LogP contribution in [0.2, 0.25) is 0 Å². The van der Waals surface area contributed by atoms with Gasteiger partial charge >= 0.3 is 0 Å². The predicted molar refractivity (Wildman–Crippen MR) is 54.5 cm³/mol. The van der Waals surface area contributed by atoms with Gasteiger partial charge in [0.25, 0.3) is 0 Å². The van der Waals surface area contributed by atoms with E-state index < -0.39 is 6.10 Å². The van der Waals surface area contributed by atoms with Gasteiger partial charge in [-0.2, -0.15) is 0 Å². The minimum Gasteiger partial charge on any atom is -0.392 e. The van der Waals surface area contributed by atoms with E-state index >= 15 is 0 Å². The summed E-state index contributed by atoms with van der Waals surface area (Å²) >= 11 is 0. The first-order valence-electron chi connectivity index (χ1n) is 4.82. The van der Waals surface area contributed by atoms with Gasteiger partial charge in [0.2, 0.25) is 0 Å². The summed E-state index contributed by atoms with van der Waals surface area (Å²) in [5.74, 6) is -0.365. The molecule has 0 saturated heterocycles. The number of rotatable bonds is 4. The smallest absolute Gasteiger partial charge is 0.123 e. The quantitative estimate of drug-likeness (QED) is 0.770. The SMILES string of the molecule is CCC(O)C(CN)c1ccc(F)cc1. The molecule has 78 valence electrons. The van der Waals surface area contributed by atoms with Crippen LogP contribution in [0.5, 0.6) is 0 Å². The van der Waals surface area contributed by atoms with Crippen molar-refractivity contribution in [3.63, 3.8) is 0 Å². The lowest BCUT2D eigenvalue weighted by Crippen LogP contribution is -2.25. The number of hydrogen-bond donors (Lipinski definition) is 2. The maximum atomic E-state index is 12.6. The Kier molecular flexibility index (Phi) is 4.04. The van der Waals surface area contributed by atoms with Gasteiger partial charge in [-0.1, -0.05) is 19.1 Å². The zero-order valence-corrected chi connectivity index (χ0v) is 8.28. The average Bonchev–Trinajstić information content (AvgIpc) is 2.21. The van der Waals surface area contributed by atoms with E-state index in [1.165, 1.54) is 12.1 Å². The lowest BCUT2D eigenvalue weighted by Gasteiger charge is -2.20. The van der Waals surface area contributed by atoms with Gasteiger partial charge in [0.1, 0.15) is 5.82 Å². The molecule has 2 nitrogen and oxygen atoms in total. The summed E-state index contributed by atoms with van der Waals surface area (Å²) in [5, 5.41) is 9.67. The van der Waals surface area contributed by atoms with Crippen LogP contribution < -0.4 is 5.73 Å². The van der Waals surface area contributed by atoms with Gasteiger partial charge in [-0.3, -0.25) is 0 Å². The van der Waals surface area contributed by atoms with Gasteiger partial charge in [-0.15, -0.1) is 0 Å². The molecule has 1 aromatic rings. The van der Waals surface area contributed by atoms with E-state index in [-0.39, 0.29) is 11.7 Å². The molecule has 0 saturated carbocycles. The third-order valence-corrected chi connectivity index (χ3v) is 2.43. The standard InChI is InChI=1S/C11H16FNO/c1-2-11(14)10(7-13)8-3-5-9(12)6-4-8/h3-6,10-11,14H,2,7,13H2,1H3. The second-order valence-corrected chi connectivity index (χ2v) is 3.37. The van der Waals surface area contributed by atoms with Gasteiger partial charge < -0.3 is 10.8 Å². The van der Waals surface area contributed by atoms with Crippen LogP contribution >= 0.6 is 0 Å². The molecular formula is C11H16FNO. The minimum atomic E-state index is -0.453. The van der Waals surface area contributed by atoms with Crippen molar-refractivity contribution in [1.82, 2.24) is 0 Å². The second kappa shape index (κ2) is 5.08. The van der Waals surface area contributed by atoms with Crippen LogP contribution in [0.15, 0.2) is 24.3 Å². The Morgan fingerprint density at radius 3 is 2.36 bits per heavy atom. The van der Waals surface area contributed by atoms with Crippen LogP contribution in [-0.4, -0.2) is 17.8 Å². The first-order chi connectivity index (χ1) is 6.69. The van der Waals surface area contributed by atoms with Crippen molar-refractivity contribution in [2.24, 2.45) is 5.73 Å². The Hall–Kier alpha value is -0.930. The van der Waals surface area contributed by atoms with Crippen molar-refractivity contribution < 1.29 is 9.50 Å². The van der Waals surface area contributed by atoms with E-state index in [0.29, 0.717) is 13.0 Å². The van der Waals surface area contributed by atoms with E-state index in [1.807, 2.05) is 6.92 Å². The number of halogens is 1. The molecule has 3 N–H and O–H groups in total. The van der Waals surface area contributed by atoms with E-state index in [0.717, 1.165) is 5.56 Å². The molecule has 0 bridgehead atoms. The maximum absolute atomic E-state index is 12.6. The topological polar surface area (TPSA) is 46.2 Å². The summed E-state index contributed by atoms with van der Waals surface area (Å²) in [4.78, 5) is 0. The summed E-state index contributed by atoms with van der Waals surface area (Å²) in [6, 6.07) is 6.12. The third-order valence-electron chi connectivity index (χ3n) is 2.43. The van der Waals surface area contributed by atoms with Crippen LogP contribution in [0.4, 0.5) is 4.39 Å². The van der Waals surface area contributed by atoms with Gasteiger partial charge in [-0.05, 0) is 24.1 Å². The van der Waals surface area contributed by atoms with Crippen LogP contribution in [0, 0.1) is 5.82 Å². The van der Waals surface area contributed by atoms with Gasteiger partial charge in [0.05, 0.1) is 6.10 Å². The molecule has 1 aromatic carbocycles. The zero-order valence-electron chi connectivity index (χ0n) is 8.28. The molecule has 0 aliphatic rings. The van der Waals surface area contributed by atoms with Crippen LogP contribution in [0.1, 0.15) is 24.8 Å². The monoisotopic (exact) mass is 197 g/mol. The normalized spacial score (nSPS) is 15.1. The number of aliphatic hydroxyl groups is 1. The molecule has 0 spiro atoms. The minimum absolute atomic E-state index is 0.0967. The predicted octanol–water partition coefficient (Wildman–Crippen LogP) is 1.64. The Balaban J connectivity index is 2.84. The highest BCUT2D eigenvalue weighted by atomic mass is 19.1. The van der Waals surface area contributed by atoms with E-state index in [9.17, 15) is 9.50 Å². The van der Waals surface area contributed by atoms with Crippen molar-refractivity contribution in [2.45, 2.75) is 25.4 Å². The largest absolute Gasteiger partial charge is 0.392 e. The maximum Gasteiger partial charge on any atom is 0.123 e. The summed E-state index contributed by atoms with van der Waals surface area (Å²) in [6.07, 6.45) is 0.199. The van der Waals surface area contributed by atoms with E-state index in [2.05, 4.69) is 0 Å². The highest BCUT2D eigenvalue weighted by molar-refractivity contribution is 5.21. The molecule has 3 heteroatoms. The Morgan fingerprint density at radius 2 is 1.93 bits per heavy atom. The summed E-state index contributed by atoms with van der Waals surface area (Å²) in [6.45, 7) is 2.28. The van der Waals surface area contributed by atoms with Gasteiger partial charge in [0.15, 0.2) is 0 Å². The molecule has 0 aliphatic carbocycles. The fraction of sp³-hybridized carbons (Fsp3) is 0.455. The fourth-order valence-corrected chi connectivity index (χ4v) is 1.51. The van der Waals surface area contributed by atoms with Crippen molar-refractivity contribution in [1.29, 1.82) is 0 Å². The molecular weight excluding hydrogens is 181 g/mol. The van der Waals surface area contributed by atoms with Crippen molar-refractivity contribution in [3.8, 4) is 0 Å². The molecule has 0 amide bonds. The zero-order chi connectivity index (χ0) is 10.6. The summed E-state index contributed by atoms with van der Waals surface area (Å²) in [7, 11) is 0. The number of benzene rings is 1. The molecule has 0 heterocycles. The molecule has 0 aliphatic heterocycles. The van der Waals surface area contributed by atoms with Crippen LogP contribution in [-0.2, 0) is 0 Å². The van der Waals surface area contributed by atoms with E-state index in [4.69, 9.17) is 5.73 Å². The number of aliphatic hydroxyl groups excluding tert-OH is 1. The molecule has 0 fully saturated rings. The highest BCUT2D eigenvalue weighted by Crippen LogP contribution is 2.20. The van der Waals surface area contributed by atoms with Crippen molar-refractivity contribution in [3.05, 3.63) is 35.6 Å². The number of nitrogens with two attached hydrogens (primary N) is 1. The fourth-order valence-electron chi connectivity index (χ4n) is 1.51. The molecule has 0 aromatic heterocycles. The van der Waals surface area contributed by atoms with Crippen molar-refractivity contribution in [2.75, 3.05) is 6.54 Å². The number of hydrogen-bond acceptors (Lipinski definition) is 2. The third kappa shape index (κ3) is 2.53. The lowest BCUT2D eigenvalue weighted by molar-refractivity contribution is 0.141. The Morgan fingerprint density at radius 1 is 1.36 bits per heavy atom. The molecule has 2 unspecified atom stereocenters. The molecule has 1 rings (SSSR count). The molecule has 2 atom stereocenters. The lowest BCUT2D eigenvalue weighted by atomic mass is 9.92. The summed E-state index contributed by atoms with van der Waals surface area (Å²) < 4.78 is 12.6. The van der Waals surface area contributed by atoms with Crippen LogP contribution in [0.25, 0.3) is 0 Å². The first-order valence-corrected chi connectivity index (χ1v) is 4.82. The molecule has 14 heavy (non-hydrogen) atoms. The van der Waals surface area contributed by atoms with Gasteiger partial charge in [0, 0.05) is 12.5 Å². The van der Waals surface area contributed by atoms with Crippen molar-refractivity contribution >= 4 is 0 Å². The second-order valence-electron chi connectivity index (χ2n) is 3.37. The molecule has 0 radical (unpaired) electrons. The Bertz CT molecular complexity index is 273. The highest BCUT2D eigenvalue weighted by Gasteiger charge is 2.17.